The number of aryl methyl sites for hydroxylation is 1. The number of ether oxygens (including phenoxy) is 1. The quantitative estimate of drug-likeness (QED) is 0.670. The van der Waals surface area contributed by atoms with Crippen LogP contribution in [0.1, 0.15) is 17.2 Å². The minimum absolute atomic E-state index is 0.300. The second-order valence-corrected chi connectivity index (χ2v) is 3.58. The van der Waals surface area contributed by atoms with Gasteiger partial charge in [0.1, 0.15) is 12.6 Å². The molecule has 1 aromatic carbocycles. The first-order chi connectivity index (χ1) is 6.36. The van der Waals surface area contributed by atoms with Crippen LogP contribution < -0.4 is 5.32 Å². The molecule has 2 nitrogen and oxygen atoms in total. The van der Waals surface area contributed by atoms with Crippen molar-refractivity contribution in [3.63, 3.8) is 0 Å². The van der Waals surface area contributed by atoms with Gasteiger partial charge in [-0.15, -0.1) is 0 Å². The number of nitrogens with two attached hydrogens (primary N) is 1. The van der Waals surface area contributed by atoms with Crippen LogP contribution in [0.4, 0.5) is 0 Å². The Hall–Kier alpha value is -0.860. The lowest BCUT2D eigenvalue weighted by molar-refractivity contribution is -0.678. The van der Waals surface area contributed by atoms with E-state index >= 15 is 0 Å². The van der Waals surface area contributed by atoms with E-state index in [4.69, 9.17) is 4.74 Å². The van der Waals surface area contributed by atoms with Crippen LogP contribution in [0.2, 0.25) is 0 Å². The number of morpholine rings is 1. The molecule has 1 aliphatic rings. The summed E-state index contributed by atoms with van der Waals surface area (Å²) in [6.07, 6.45) is 0.300. The molecule has 0 saturated carbocycles. The fraction of sp³-hybridized carbons (Fsp3) is 0.455. The molecular formula is C11H16NO+. The van der Waals surface area contributed by atoms with Crippen LogP contribution in [0.25, 0.3) is 0 Å². The first kappa shape index (κ1) is 8.73. The van der Waals surface area contributed by atoms with Gasteiger partial charge in [-0.05, 0) is 12.5 Å². The van der Waals surface area contributed by atoms with Crippen LogP contribution in [0, 0.1) is 6.92 Å². The van der Waals surface area contributed by atoms with Crippen LogP contribution in [0.3, 0.4) is 0 Å². The van der Waals surface area contributed by atoms with Crippen molar-refractivity contribution in [2.24, 2.45) is 0 Å². The Morgan fingerprint density at radius 1 is 1.31 bits per heavy atom. The highest BCUT2D eigenvalue weighted by Gasteiger charge is 2.17. The molecule has 0 radical (unpaired) electrons. The third kappa shape index (κ3) is 2.08. The van der Waals surface area contributed by atoms with Gasteiger partial charge in [0.15, 0.2) is 0 Å². The average Bonchev–Trinajstić information content (AvgIpc) is 2.20. The Morgan fingerprint density at radius 3 is 2.69 bits per heavy atom. The highest BCUT2D eigenvalue weighted by Crippen LogP contribution is 2.16. The van der Waals surface area contributed by atoms with Gasteiger partial charge in [0.2, 0.25) is 0 Å². The standard InChI is InChI=1S/C11H15NO/c1-9-2-4-10(5-3-9)11-8-12-6-7-13-11/h2-5,11-12H,6-8H2,1H3/p+1/t11-/m1/s1. The second kappa shape index (κ2) is 3.90. The molecule has 1 aliphatic heterocycles. The molecule has 2 heteroatoms. The first-order valence-electron chi connectivity index (χ1n) is 4.86. The van der Waals surface area contributed by atoms with E-state index in [1.807, 2.05) is 0 Å². The molecule has 1 aromatic rings. The predicted octanol–water partition coefficient (Wildman–Crippen LogP) is 0.630. The fourth-order valence-electron chi connectivity index (χ4n) is 1.64. The lowest BCUT2D eigenvalue weighted by Crippen LogP contribution is -2.88. The Morgan fingerprint density at radius 2 is 2.08 bits per heavy atom. The van der Waals surface area contributed by atoms with Crippen molar-refractivity contribution in [2.75, 3.05) is 19.7 Å². The lowest BCUT2D eigenvalue weighted by Gasteiger charge is -2.21. The number of rotatable bonds is 1. The molecule has 0 amide bonds. The van der Waals surface area contributed by atoms with Gasteiger partial charge in [0.25, 0.3) is 0 Å². The molecule has 0 spiro atoms. The van der Waals surface area contributed by atoms with Gasteiger partial charge in [0.05, 0.1) is 13.2 Å². The average molecular weight is 178 g/mol. The number of benzene rings is 1. The highest BCUT2D eigenvalue weighted by molar-refractivity contribution is 5.23. The highest BCUT2D eigenvalue weighted by atomic mass is 16.5. The molecule has 0 bridgehead atoms. The zero-order chi connectivity index (χ0) is 9.10. The van der Waals surface area contributed by atoms with E-state index in [2.05, 4.69) is 36.5 Å². The lowest BCUT2D eigenvalue weighted by atomic mass is 10.1. The summed E-state index contributed by atoms with van der Waals surface area (Å²) >= 11 is 0. The molecule has 70 valence electrons. The summed E-state index contributed by atoms with van der Waals surface area (Å²) in [7, 11) is 0. The Balaban J connectivity index is 2.10. The van der Waals surface area contributed by atoms with Crippen molar-refractivity contribution >= 4 is 0 Å². The molecule has 1 heterocycles. The number of quaternary nitrogens is 1. The molecule has 1 atom stereocenters. The van der Waals surface area contributed by atoms with E-state index in [0.717, 1.165) is 19.7 Å². The summed E-state index contributed by atoms with van der Waals surface area (Å²) in [5, 5.41) is 2.31. The molecule has 0 aromatic heterocycles. The fourth-order valence-corrected chi connectivity index (χ4v) is 1.64. The van der Waals surface area contributed by atoms with Crippen molar-refractivity contribution in [1.82, 2.24) is 0 Å². The van der Waals surface area contributed by atoms with Gasteiger partial charge >= 0.3 is 0 Å². The molecule has 2 rings (SSSR count). The van der Waals surface area contributed by atoms with E-state index in [1.54, 1.807) is 0 Å². The molecule has 1 saturated heterocycles. The monoisotopic (exact) mass is 178 g/mol. The Bertz CT molecular complexity index is 262. The molecule has 0 aliphatic carbocycles. The van der Waals surface area contributed by atoms with E-state index in [9.17, 15) is 0 Å². The Kier molecular flexibility index (Phi) is 2.62. The maximum Gasteiger partial charge on any atom is 0.131 e. The number of hydrogen-bond donors (Lipinski definition) is 1. The van der Waals surface area contributed by atoms with Gasteiger partial charge < -0.3 is 10.1 Å². The van der Waals surface area contributed by atoms with Crippen molar-refractivity contribution in [3.8, 4) is 0 Å². The zero-order valence-electron chi connectivity index (χ0n) is 7.99. The molecular weight excluding hydrogens is 162 g/mol. The topological polar surface area (TPSA) is 25.8 Å². The van der Waals surface area contributed by atoms with E-state index in [0.29, 0.717) is 6.10 Å². The first-order valence-corrected chi connectivity index (χ1v) is 4.86. The Labute approximate surface area is 78.9 Å². The van der Waals surface area contributed by atoms with E-state index in [1.165, 1.54) is 11.1 Å². The van der Waals surface area contributed by atoms with Gasteiger partial charge in [-0.1, -0.05) is 29.8 Å². The van der Waals surface area contributed by atoms with Crippen LogP contribution >= 0.6 is 0 Å². The second-order valence-electron chi connectivity index (χ2n) is 3.58. The third-order valence-corrected chi connectivity index (χ3v) is 2.47. The summed E-state index contributed by atoms with van der Waals surface area (Å²) in [6, 6.07) is 8.62. The largest absolute Gasteiger partial charge is 0.362 e. The third-order valence-electron chi connectivity index (χ3n) is 2.47. The SMILES string of the molecule is Cc1ccc([C@H]2C[NH2+]CCO2)cc1. The van der Waals surface area contributed by atoms with Gasteiger partial charge in [-0.3, -0.25) is 0 Å². The summed E-state index contributed by atoms with van der Waals surface area (Å²) in [6.45, 7) is 5.14. The summed E-state index contributed by atoms with van der Waals surface area (Å²) < 4.78 is 5.67. The summed E-state index contributed by atoms with van der Waals surface area (Å²) in [4.78, 5) is 0. The van der Waals surface area contributed by atoms with Crippen LogP contribution in [-0.2, 0) is 4.74 Å². The van der Waals surface area contributed by atoms with Crippen molar-refractivity contribution in [1.29, 1.82) is 0 Å². The normalized spacial score (nSPS) is 23.0. The minimum atomic E-state index is 0.300. The zero-order valence-corrected chi connectivity index (χ0v) is 7.99. The van der Waals surface area contributed by atoms with Crippen molar-refractivity contribution in [3.05, 3.63) is 35.4 Å². The predicted molar refractivity (Wildman–Crippen MR) is 51.5 cm³/mol. The van der Waals surface area contributed by atoms with Crippen LogP contribution in [0.5, 0.6) is 0 Å². The van der Waals surface area contributed by atoms with Gasteiger partial charge in [-0.2, -0.15) is 0 Å². The molecule has 0 unspecified atom stereocenters. The summed E-state index contributed by atoms with van der Waals surface area (Å²) in [5.74, 6) is 0. The summed E-state index contributed by atoms with van der Waals surface area (Å²) in [5.41, 5.74) is 2.62. The van der Waals surface area contributed by atoms with E-state index in [-0.39, 0.29) is 0 Å². The van der Waals surface area contributed by atoms with Crippen molar-refractivity contribution in [2.45, 2.75) is 13.0 Å². The van der Waals surface area contributed by atoms with Gasteiger partial charge in [-0.25, -0.2) is 0 Å². The maximum atomic E-state index is 5.67. The molecule has 2 N–H and O–H groups in total. The van der Waals surface area contributed by atoms with Crippen LogP contribution in [0.15, 0.2) is 24.3 Å². The smallest absolute Gasteiger partial charge is 0.131 e. The van der Waals surface area contributed by atoms with Crippen LogP contribution in [-0.4, -0.2) is 19.7 Å². The number of hydrogen-bond acceptors (Lipinski definition) is 1. The van der Waals surface area contributed by atoms with Gasteiger partial charge in [0, 0.05) is 0 Å². The van der Waals surface area contributed by atoms with E-state index < -0.39 is 0 Å². The molecule has 13 heavy (non-hydrogen) atoms. The maximum absolute atomic E-state index is 5.67. The minimum Gasteiger partial charge on any atom is -0.362 e. The van der Waals surface area contributed by atoms with Crippen molar-refractivity contribution < 1.29 is 10.1 Å². The molecule has 1 fully saturated rings.